The largest absolute Gasteiger partial charge is 0.462 e. The molecule has 8 heteroatoms. The number of esters is 2. The molecule has 2 N–H and O–H groups in total. The van der Waals surface area contributed by atoms with Gasteiger partial charge in [-0.15, -0.1) is 11.3 Å². The third-order valence-electron chi connectivity index (χ3n) is 7.99. The van der Waals surface area contributed by atoms with E-state index in [2.05, 4.69) is 35.3 Å². The van der Waals surface area contributed by atoms with Crippen LogP contribution in [0.2, 0.25) is 0 Å². The van der Waals surface area contributed by atoms with Crippen molar-refractivity contribution in [3.63, 3.8) is 0 Å². The van der Waals surface area contributed by atoms with Gasteiger partial charge in [0.2, 0.25) is 0 Å². The molecule has 0 bridgehead atoms. The topological polar surface area (TPSA) is 108 Å². The molecule has 4 rings (SSSR count). The quantitative estimate of drug-likeness (QED) is 0.119. The van der Waals surface area contributed by atoms with E-state index in [1.165, 1.54) is 22.5 Å². The summed E-state index contributed by atoms with van der Waals surface area (Å²) in [5.74, 6) is -1.25. The molecule has 0 aliphatic heterocycles. The molecular weight excluding hydrogens is 536 g/mol. The standard InChI is InChI=1S/C33H38N2O5S/c1-7-32(5,19-36)23-12-14-25-22(17-23)16-21-15-20(11-13-24(21)25)18-35-29-27(31(38)40-10-4)26(30(37)39-9-3)28(41-29)33(6,34)8-2/h11-15,17-19H,7-10,16,34H2,1-6H3. The highest BCUT2D eigenvalue weighted by Crippen LogP contribution is 2.43. The zero-order valence-electron chi connectivity index (χ0n) is 24.6. The summed E-state index contributed by atoms with van der Waals surface area (Å²) >= 11 is 1.22. The summed E-state index contributed by atoms with van der Waals surface area (Å²) in [5, 5.41) is 0.354. The molecule has 0 saturated carbocycles. The predicted molar refractivity (Wildman–Crippen MR) is 164 cm³/mol. The highest BCUT2D eigenvalue weighted by Gasteiger charge is 2.36. The number of hydrogen-bond acceptors (Lipinski definition) is 8. The summed E-state index contributed by atoms with van der Waals surface area (Å²) in [4.78, 5) is 43.2. The molecule has 0 spiro atoms. The van der Waals surface area contributed by atoms with Gasteiger partial charge >= 0.3 is 11.9 Å². The minimum atomic E-state index is -0.863. The van der Waals surface area contributed by atoms with Crippen LogP contribution in [0, 0.1) is 0 Å². The lowest BCUT2D eigenvalue weighted by Crippen LogP contribution is -2.33. The number of nitrogens with zero attached hydrogens (tertiary/aromatic N) is 1. The third kappa shape index (κ3) is 5.76. The summed E-state index contributed by atoms with van der Waals surface area (Å²) in [5.41, 5.74) is 12.0. The van der Waals surface area contributed by atoms with Crippen molar-refractivity contribution in [3.8, 4) is 11.1 Å². The van der Waals surface area contributed by atoms with E-state index < -0.39 is 22.9 Å². The lowest BCUT2D eigenvalue weighted by Gasteiger charge is -2.22. The fourth-order valence-electron chi connectivity index (χ4n) is 5.02. The van der Waals surface area contributed by atoms with E-state index in [-0.39, 0.29) is 24.3 Å². The normalized spacial score (nSPS) is 15.1. The third-order valence-corrected chi connectivity index (χ3v) is 9.37. The van der Waals surface area contributed by atoms with Gasteiger partial charge in [0.1, 0.15) is 16.9 Å². The van der Waals surface area contributed by atoms with Crippen LogP contribution in [0.5, 0.6) is 0 Å². The van der Waals surface area contributed by atoms with Gasteiger partial charge in [0.25, 0.3) is 0 Å². The number of carbonyl (C=O) groups excluding carboxylic acids is 3. The van der Waals surface area contributed by atoms with Crippen LogP contribution in [0.1, 0.15) is 102 Å². The van der Waals surface area contributed by atoms with Gasteiger partial charge in [0, 0.05) is 22.0 Å². The molecule has 0 radical (unpaired) electrons. The van der Waals surface area contributed by atoms with Crippen molar-refractivity contribution in [2.24, 2.45) is 10.7 Å². The number of rotatable bonds is 11. The Labute approximate surface area is 245 Å². The maximum Gasteiger partial charge on any atom is 0.342 e. The average Bonchev–Trinajstić information content (AvgIpc) is 3.54. The van der Waals surface area contributed by atoms with E-state index in [9.17, 15) is 14.4 Å². The van der Waals surface area contributed by atoms with Crippen molar-refractivity contribution in [1.82, 2.24) is 0 Å². The number of carbonyl (C=O) groups is 3. The molecule has 0 fully saturated rings. The maximum absolute atomic E-state index is 13.1. The molecule has 3 aromatic rings. The van der Waals surface area contributed by atoms with E-state index in [1.807, 2.05) is 33.8 Å². The molecule has 0 amide bonds. The molecule has 41 heavy (non-hydrogen) atoms. The molecule has 1 aromatic heterocycles. The Morgan fingerprint density at radius 2 is 1.54 bits per heavy atom. The second-order valence-electron chi connectivity index (χ2n) is 10.8. The van der Waals surface area contributed by atoms with Crippen molar-refractivity contribution >= 4 is 40.8 Å². The zero-order chi connectivity index (χ0) is 29.9. The van der Waals surface area contributed by atoms with Crippen molar-refractivity contribution < 1.29 is 23.9 Å². The van der Waals surface area contributed by atoms with Gasteiger partial charge in [-0.3, -0.25) is 0 Å². The summed E-state index contributed by atoms with van der Waals surface area (Å²) in [6.45, 7) is 11.5. The van der Waals surface area contributed by atoms with Gasteiger partial charge in [0.15, 0.2) is 0 Å². The van der Waals surface area contributed by atoms with E-state index in [1.54, 1.807) is 20.1 Å². The lowest BCUT2D eigenvalue weighted by molar-refractivity contribution is -0.112. The number of ether oxygens (including phenoxy) is 2. The first-order chi connectivity index (χ1) is 19.5. The Kier molecular flexibility index (Phi) is 8.94. The number of hydrogen-bond donors (Lipinski definition) is 1. The lowest BCUT2D eigenvalue weighted by atomic mass is 9.80. The molecule has 1 heterocycles. The van der Waals surface area contributed by atoms with E-state index in [0.29, 0.717) is 16.3 Å². The number of thiophene rings is 1. The Morgan fingerprint density at radius 1 is 0.927 bits per heavy atom. The van der Waals surface area contributed by atoms with Gasteiger partial charge in [-0.25, -0.2) is 14.6 Å². The van der Waals surface area contributed by atoms with Crippen LogP contribution in [-0.2, 0) is 31.6 Å². The fraction of sp³-hybridized carbons (Fsp3) is 0.394. The van der Waals surface area contributed by atoms with Crippen LogP contribution < -0.4 is 5.73 Å². The monoisotopic (exact) mass is 574 g/mol. The van der Waals surface area contributed by atoms with Crippen LogP contribution in [-0.4, -0.2) is 37.7 Å². The molecule has 2 aromatic carbocycles. The van der Waals surface area contributed by atoms with Gasteiger partial charge in [-0.2, -0.15) is 0 Å². The maximum atomic E-state index is 13.1. The van der Waals surface area contributed by atoms with Crippen LogP contribution in [0.15, 0.2) is 41.4 Å². The van der Waals surface area contributed by atoms with Crippen LogP contribution >= 0.6 is 11.3 Å². The Bertz CT molecular complexity index is 1520. The van der Waals surface area contributed by atoms with Gasteiger partial charge in [-0.1, -0.05) is 44.2 Å². The first kappa shape index (κ1) is 30.3. The van der Waals surface area contributed by atoms with Gasteiger partial charge in [0.05, 0.1) is 18.8 Å². The number of aliphatic imine (C=N–C) groups is 1. The highest BCUT2D eigenvalue weighted by molar-refractivity contribution is 7.16. The van der Waals surface area contributed by atoms with E-state index in [4.69, 9.17) is 15.2 Å². The Hall–Kier alpha value is -3.62. The van der Waals surface area contributed by atoms with Crippen LogP contribution in [0.3, 0.4) is 0 Å². The SMILES string of the molecule is CCOC(=O)c1c(N=Cc2ccc3c(c2)Cc2cc(C(C)(C=O)CC)ccc2-3)sc(C(C)(N)CC)c1C(=O)OCC. The van der Waals surface area contributed by atoms with Crippen molar-refractivity contribution in [1.29, 1.82) is 0 Å². The minimum Gasteiger partial charge on any atom is -0.462 e. The van der Waals surface area contributed by atoms with Crippen molar-refractivity contribution in [2.75, 3.05) is 13.2 Å². The number of benzene rings is 2. The number of aldehydes is 1. The molecule has 216 valence electrons. The molecule has 1 aliphatic carbocycles. The second kappa shape index (κ2) is 12.1. The van der Waals surface area contributed by atoms with Crippen molar-refractivity contribution in [3.05, 3.63) is 74.7 Å². The smallest absolute Gasteiger partial charge is 0.342 e. The van der Waals surface area contributed by atoms with Crippen LogP contribution in [0.4, 0.5) is 5.00 Å². The van der Waals surface area contributed by atoms with Gasteiger partial charge < -0.3 is 20.0 Å². The highest BCUT2D eigenvalue weighted by atomic mass is 32.1. The summed E-state index contributed by atoms with van der Waals surface area (Å²) < 4.78 is 10.6. The van der Waals surface area contributed by atoms with E-state index in [0.717, 1.165) is 41.4 Å². The molecule has 2 atom stereocenters. The average molecular weight is 575 g/mol. The summed E-state index contributed by atoms with van der Waals surface area (Å²) in [7, 11) is 0. The van der Waals surface area contributed by atoms with Crippen LogP contribution in [0.25, 0.3) is 11.1 Å². The fourth-order valence-corrected chi connectivity index (χ4v) is 6.27. The molecule has 2 unspecified atom stereocenters. The molecule has 7 nitrogen and oxygen atoms in total. The minimum absolute atomic E-state index is 0.0851. The Morgan fingerprint density at radius 3 is 2.12 bits per heavy atom. The van der Waals surface area contributed by atoms with Crippen molar-refractivity contribution in [2.45, 2.75) is 71.8 Å². The summed E-state index contributed by atoms with van der Waals surface area (Å²) in [6, 6.07) is 12.4. The first-order valence-electron chi connectivity index (χ1n) is 14.1. The summed E-state index contributed by atoms with van der Waals surface area (Å²) in [6.07, 6.45) is 4.77. The number of nitrogens with two attached hydrogens (primary N) is 1. The Balaban J connectivity index is 1.73. The zero-order valence-corrected chi connectivity index (χ0v) is 25.4. The first-order valence-corrected chi connectivity index (χ1v) is 14.9. The van der Waals surface area contributed by atoms with Gasteiger partial charge in [-0.05, 0) is 86.4 Å². The molecular formula is C33H38N2O5S. The van der Waals surface area contributed by atoms with E-state index >= 15 is 0 Å². The second-order valence-corrected chi connectivity index (χ2v) is 11.8. The molecule has 1 aliphatic rings. The number of fused-ring (bicyclic) bond motifs is 3. The molecule has 0 saturated heterocycles. The predicted octanol–water partition coefficient (Wildman–Crippen LogP) is 6.87.